The van der Waals surface area contributed by atoms with Gasteiger partial charge in [-0.05, 0) is 19.1 Å². The summed E-state index contributed by atoms with van der Waals surface area (Å²) in [5, 5.41) is 0. The van der Waals surface area contributed by atoms with Crippen LogP contribution in [0.15, 0.2) is 42.7 Å². The molecular weight excluding hydrogens is 202 g/mol. The second kappa shape index (κ2) is 4.72. The van der Waals surface area contributed by atoms with Crippen LogP contribution in [0.25, 0.3) is 0 Å². The van der Waals surface area contributed by atoms with Crippen LogP contribution in [0.5, 0.6) is 11.5 Å². The van der Waals surface area contributed by atoms with Gasteiger partial charge in [0.2, 0.25) is 0 Å². The van der Waals surface area contributed by atoms with Crippen LogP contribution < -0.4 is 10.5 Å². The number of nitrogens with zero attached hydrogens (tertiary/aromatic N) is 2. The summed E-state index contributed by atoms with van der Waals surface area (Å²) in [5.74, 6) is 1.98. The molecule has 2 aromatic rings. The minimum absolute atomic E-state index is 0.161. The zero-order valence-electron chi connectivity index (χ0n) is 9.00. The van der Waals surface area contributed by atoms with Crippen molar-refractivity contribution in [3.05, 3.63) is 48.5 Å². The van der Waals surface area contributed by atoms with Gasteiger partial charge in [0, 0.05) is 0 Å². The van der Waals surface area contributed by atoms with Crippen LogP contribution in [0.4, 0.5) is 0 Å². The Morgan fingerprint density at radius 2 is 1.69 bits per heavy atom. The molecule has 0 bridgehead atoms. The standard InChI is InChI=1S/C12H13N3O/c1-9(13)12-14-7-11(8-15-12)16-10-5-3-2-4-6-10/h2-9H,13H2,1H3. The molecule has 1 atom stereocenters. The lowest BCUT2D eigenvalue weighted by Gasteiger charge is -2.06. The summed E-state index contributed by atoms with van der Waals surface area (Å²) in [6, 6.07) is 9.34. The number of aromatic nitrogens is 2. The van der Waals surface area contributed by atoms with Crippen molar-refractivity contribution < 1.29 is 4.74 Å². The Bertz CT molecular complexity index is 440. The van der Waals surface area contributed by atoms with Gasteiger partial charge >= 0.3 is 0 Å². The minimum atomic E-state index is -0.161. The molecular formula is C12H13N3O. The Hall–Kier alpha value is -1.94. The van der Waals surface area contributed by atoms with E-state index in [1.807, 2.05) is 37.3 Å². The number of hydrogen-bond donors (Lipinski definition) is 1. The molecule has 0 aliphatic heterocycles. The molecule has 4 nitrogen and oxygen atoms in total. The number of rotatable bonds is 3. The van der Waals surface area contributed by atoms with Gasteiger partial charge in [-0.2, -0.15) is 0 Å². The summed E-state index contributed by atoms with van der Waals surface area (Å²) in [6.45, 7) is 1.84. The molecule has 0 radical (unpaired) electrons. The number of para-hydroxylation sites is 1. The van der Waals surface area contributed by atoms with Crippen LogP contribution in [0.3, 0.4) is 0 Å². The SMILES string of the molecule is CC(N)c1ncc(Oc2ccccc2)cn1. The summed E-state index contributed by atoms with van der Waals surface area (Å²) < 4.78 is 5.55. The second-order valence-electron chi connectivity index (χ2n) is 3.48. The molecule has 2 N–H and O–H groups in total. The van der Waals surface area contributed by atoms with Crippen molar-refractivity contribution in [1.82, 2.24) is 9.97 Å². The molecule has 1 aromatic carbocycles. The quantitative estimate of drug-likeness (QED) is 0.853. The average Bonchev–Trinajstić information content (AvgIpc) is 2.31. The van der Waals surface area contributed by atoms with Crippen LogP contribution in [-0.2, 0) is 0 Å². The summed E-state index contributed by atoms with van der Waals surface area (Å²) in [4.78, 5) is 8.23. The molecule has 0 fully saturated rings. The third-order valence-corrected chi connectivity index (χ3v) is 2.03. The van der Waals surface area contributed by atoms with Crippen molar-refractivity contribution in [3.63, 3.8) is 0 Å². The van der Waals surface area contributed by atoms with Crippen molar-refractivity contribution in [1.29, 1.82) is 0 Å². The van der Waals surface area contributed by atoms with Gasteiger partial charge in [-0.1, -0.05) is 18.2 Å². The monoisotopic (exact) mass is 215 g/mol. The van der Waals surface area contributed by atoms with E-state index < -0.39 is 0 Å². The Morgan fingerprint density at radius 1 is 1.06 bits per heavy atom. The summed E-state index contributed by atoms with van der Waals surface area (Å²) in [5.41, 5.74) is 5.65. The molecule has 1 heterocycles. The molecule has 1 aromatic heterocycles. The fourth-order valence-electron chi connectivity index (χ4n) is 1.24. The normalized spacial score (nSPS) is 12.1. The van der Waals surface area contributed by atoms with Gasteiger partial charge in [-0.25, -0.2) is 9.97 Å². The first-order valence-electron chi connectivity index (χ1n) is 5.06. The molecule has 4 heteroatoms. The zero-order chi connectivity index (χ0) is 11.4. The van der Waals surface area contributed by atoms with Crippen LogP contribution in [0.2, 0.25) is 0 Å². The highest BCUT2D eigenvalue weighted by atomic mass is 16.5. The minimum Gasteiger partial charge on any atom is -0.454 e. The third kappa shape index (κ3) is 2.55. The lowest BCUT2D eigenvalue weighted by Crippen LogP contribution is -2.09. The highest BCUT2D eigenvalue weighted by Gasteiger charge is 2.03. The van der Waals surface area contributed by atoms with E-state index in [4.69, 9.17) is 10.5 Å². The van der Waals surface area contributed by atoms with E-state index in [0.29, 0.717) is 11.6 Å². The molecule has 0 saturated carbocycles. The van der Waals surface area contributed by atoms with E-state index in [2.05, 4.69) is 9.97 Å². The molecule has 0 amide bonds. The third-order valence-electron chi connectivity index (χ3n) is 2.03. The maximum Gasteiger partial charge on any atom is 0.164 e. The lowest BCUT2D eigenvalue weighted by atomic mass is 10.3. The smallest absolute Gasteiger partial charge is 0.164 e. The average molecular weight is 215 g/mol. The van der Waals surface area contributed by atoms with Gasteiger partial charge in [0.15, 0.2) is 5.75 Å². The van der Waals surface area contributed by atoms with Crippen LogP contribution in [0, 0.1) is 0 Å². The van der Waals surface area contributed by atoms with Crippen molar-refractivity contribution in [2.24, 2.45) is 5.73 Å². The van der Waals surface area contributed by atoms with Gasteiger partial charge in [-0.15, -0.1) is 0 Å². The van der Waals surface area contributed by atoms with E-state index in [1.54, 1.807) is 12.4 Å². The molecule has 0 spiro atoms. The molecule has 0 aliphatic carbocycles. The Balaban J connectivity index is 2.11. The summed E-state index contributed by atoms with van der Waals surface area (Å²) >= 11 is 0. The first-order chi connectivity index (χ1) is 7.75. The van der Waals surface area contributed by atoms with Crippen molar-refractivity contribution in [2.45, 2.75) is 13.0 Å². The van der Waals surface area contributed by atoms with Crippen LogP contribution >= 0.6 is 0 Å². The fraction of sp³-hybridized carbons (Fsp3) is 0.167. The van der Waals surface area contributed by atoms with Crippen molar-refractivity contribution in [3.8, 4) is 11.5 Å². The first-order valence-corrected chi connectivity index (χ1v) is 5.06. The number of benzene rings is 1. The number of ether oxygens (including phenoxy) is 1. The van der Waals surface area contributed by atoms with E-state index in [0.717, 1.165) is 5.75 Å². The van der Waals surface area contributed by atoms with Gasteiger partial charge in [0.25, 0.3) is 0 Å². The molecule has 0 saturated heterocycles. The van der Waals surface area contributed by atoms with E-state index in [9.17, 15) is 0 Å². The first kappa shape index (κ1) is 10.6. The van der Waals surface area contributed by atoms with Crippen molar-refractivity contribution >= 4 is 0 Å². The predicted octanol–water partition coefficient (Wildman–Crippen LogP) is 2.29. The largest absolute Gasteiger partial charge is 0.454 e. The highest BCUT2D eigenvalue weighted by molar-refractivity contribution is 5.27. The maximum absolute atomic E-state index is 5.65. The van der Waals surface area contributed by atoms with E-state index in [-0.39, 0.29) is 6.04 Å². The highest BCUT2D eigenvalue weighted by Crippen LogP contribution is 2.19. The Morgan fingerprint density at radius 3 is 2.25 bits per heavy atom. The topological polar surface area (TPSA) is 61.0 Å². The lowest BCUT2D eigenvalue weighted by molar-refractivity contribution is 0.475. The van der Waals surface area contributed by atoms with Crippen molar-refractivity contribution in [2.75, 3.05) is 0 Å². The molecule has 0 aliphatic rings. The number of hydrogen-bond acceptors (Lipinski definition) is 4. The van der Waals surface area contributed by atoms with Crippen LogP contribution in [0.1, 0.15) is 18.8 Å². The predicted molar refractivity (Wildman–Crippen MR) is 61.2 cm³/mol. The van der Waals surface area contributed by atoms with Gasteiger partial charge in [0.05, 0.1) is 18.4 Å². The summed E-state index contributed by atoms with van der Waals surface area (Å²) in [6.07, 6.45) is 3.25. The Kier molecular flexibility index (Phi) is 3.12. The van der Waals surface area contributed by atoms with E-state index in [1.165, 1.54) is 0 Å². The number of nitrogens with two attached hydrogens (primary N) is 1. The molecule has 1 unspecified atom stereocenters. The van der Waals surface area contributed by atoms with Gasteiger partial charge in [0.1, 0.15) is 11.6 Å². The Labute approximate surface area is 94.1 Å². The summed E-state index contributed by atoms with van der Waals surface area (Å²) in [7, 11) is 0. The molecule has 82 valence electrons. The zero-order valence-corrected chi connectivity index (χ0v) is 9.00. The molecule has 16 heavy (non-hydrogen) atoms. The fourth-order valence-corrected chi connectivity index (χ4v) is 1.24. The second-order valence-corrected chi connectivity index (χ2v) is 3.48. The molecule has 2 rings (SSSR count). The van der Waals surface area contributed by atoms with Crippen LogP contribution in [-0.4, -0.2) is 9.97 Å². The van der Waals surface area contributed by atoms with Gasteiger partial charge in [-0.3, -0.25) is 0 Å². The van der Waals surface area contributed by atoms with Gasteiger partial charge < -0.3 is 10.5 Å². The van der Waals surface area contributed by atoms with E-state index >= 15 is 0 Å². The maximum atomic E-state index is 5.65.